The van der Waals surface area contributed by atoms with E-state index in [9.17, 15) is 5.41 Å². The number of rotatable bonds is 5. The summed E-state index contributed by atoms with van der Waals surface area (Å²) in [5, 5.41) is 15.7. The van der Waals surface area contributed by atoms with Crippen molar-refractivity contribution in [1.82, 2.24) is 0 Å². The van der Waals surface area contributed by atoms with E-state index >= 15 is 0 Å². The quantitative estimate of drug-likeness (QED) is 0.146. The van der Waals surface area contributed by atoms with Gasteiger partial charge < -0.3 is 4.42 Å². The van der Waals surface area contributed by atoms with E-state index in [1.165, 1.54) is 27.5 Å². The molecule has 0 bridgehead atoms. The van der Waals surface area contributed by atoms with Gasteiger partial charge in [0, 0.05) is 28.1 Å². The van der Waals surface area contributed by atoms with Gasteiger partial charge in [0.2, 0.25) is 0 Å². The normalized spacial score (nSPS) is 12.0. The Morgan fingerprint density at radius 3 is 1.98 bits per heavy atom. The first-order valence-corrected chi connectivity index (χ1v) is 17.0. The van der Waals surface area contributed by atoms with Crippen molar-refractivity contribution in [2.75, 3.05) is 0 Å². The van der Waals surface area contributed by atoms with Gasteiger partial charge in [0.15, 0.2) is 11.7 Å². The lowest BCUT2D eigenvalue weighted by Crippen LogP contribution is -2.05. The van der Waals surface area contributed by atoms with Gasteiger partial charge in [-0.3, -0.25) is 5.41 Å². The summed E-state index contributed by atoms with van der Waals surface area (Å²) >= 11 is 0. The standard InChI is InChI=1S/C47H31N3O/c48-46(50-47(49-30-31-13-3-1-4-14-31)42-22-12-24-44-45(42)41-20-9-10-23-43(41)51-44)34-25-26-36-33(29-34)17-11-21-38(36)40-28-27-35(32-15-5-2-6-16-32)37-18-7-8-19-39(37)40/h1-30,48H. The van der Waals surface area contributed by atoms with Crippen LogP contribution in [0.25, 0.3) is 65.7 Å². The van der Waals surface area contributed by atoms with Crippen LogP contribution in [0.15, 0.2) is 190 Å². The van der Waals surface area contributed by atoms with E-state index in [1.807, 2.05) is 78.9 Å². The average molecular weight is 654 g/mol. The number of nitrogens with one attached hydrogen (secondary N) is 1. The summed E-state index contributed by atoms with van der Waals surface area (Å²) in [6, 6.07) is 60.0. The predicted octanol–water partition coefficient (Wildman–Crippen LogP) is 12.1. The maximum atomic E-state index is 9.25. The molecule has 0 amide bonds. The van der Waals surface area contributed by atoms with Crippen molar-refractivity contribution in [3.8, 4) is 22.3 Å². The Morgan fingerprint density at radius 2 is 1.16 bits per heavy atom. The van der Waals surface area contributed by atoms with Gasteiger partial charge in [-0.15, -0.1) is 0 Å². The van der Waals surface area contributed by atoms with Gasteiger partial charge in [0.25, 0.3) is 0 Å². The van der Waals surface area contributed by atoms with Crippen LogP contribution in [0.1, 0.15) is 16.7 Å². The maximum Gasteiger partial charge on any atom is 0.162 e. The Balaban J connectivity index is 1.14. The second-order valence-electron chi connectivity index (χ2n) is 12.5. The highest BCUT2D eigenvalue weighted by atomic mass is 16.3. The van der Waals surface area contributed by atoms with Crippen molar-refractivity contribution in [3.63, 3.8) is 0 Å². The lowest BCUT2D eigenvalue weighted by molar-refractivity contribution is 0.669. The van der Waals surface area contributed by atoms with Crippen LogP contribution in [0.5, 0.6) is 0 Å². The highest BCUT2D eigenvalue weighted by molar-refractivity contribution is 6.22. The molecule has 8 aromatic carbocycles. The van der Waals surface area contributed by atoms with Gasteiger partial charge in [-0.1, -0.05) is 158 Å². The van der Waals surface area contributed by atoms with Crippen LogP contribution < -0.4 is 0 Å². The second-order valence-corrected chi connectivity index (χ2v) is 12.5. The molecule has 51 heavy (non-hydrogen) atoms. The van der Waals surface area contributed by atoms with E-state index < -0.39 is 0 Å². The topological polar surface area (TPSA) is 61.7 Å². The van der Waals surface area contributed by atoms with E-state index in [0.717, 1.165) is 49.4 Å². The minimum Gasteiger partial charge on any atom is -0.456 e. The Labute approximate surface area is 295 Å². The monoisotopic (exact) mass is 653 g/mol. The van der Waals surface area contributed by atoms with Crippen LogP contribution >= 0.6 is 0 Å². The van der Waals surface area contributed by atoms with Crippen LogP contribution in [-0.2, 0) is 0 Å². The fourth-order valence-corrected chi connectivity index (χ4v) is 7.03. The second kappa shape index (κ2) is 12.8. The Kier molecular flexibility index (Phi) is 7.60. The summed E-state index contributed by atoms with van der Waals surface area (Å²) in [4.78, 5) is 9.78. The fraction of sp³-hybridized carbons (Fsp3) is 0. The first-order chi connectivity index (χ1) is 25.2. The third kappa shape index (κ3) is 5.59. The lowest BCUT2D eigenvalue weighted by atomic mass is 9.90. The summed E-state index contributed by atoms with van der Waals surface area (Å²) in [7, 11) is 0. The summed E-state index contributed by atoms with van der Waals surface area (Å²) in [6.07, 6.45) is 1.80. The summed E-state index contributed by atoms with van der Waals surface area (Å²) in [6.45, 7) is 0. The smallest absolute Gasteiger partial charge is 0.162 e. The first-order valence-electron chi connectivity index (χ1n) is 17.0. The van der Waals surface area contributed by atoms with E-state index in [1.54, 1.807) is 6.21 Å². The molecule has 0 aliphatic heterocycles. The van der Waals surface area contributed by atoms with Gasteiger partial charge in [0.1, 0.15) is 11.2 Å². The van der Waals surface area contributed by atoms with Gasteiger partial charge in [-0.25, -0.2) is 9.98 Å². The number of hydrogen-bond donors (Lipinski definition) is 1. The predicted molar refractivity (Wildman–Crippen MR) is 213 cm³/mol. The third-order valence-electron chi connectivity index (χ3n) is 9.45. The molecule has 0 spiro atoms. The van der Waals surface area contributed by atoms with Crippen LogP contribution in [-0.4, -0.2) is 17.9 Å². The molecular formula is C47H31N3O. The van der Waals surface area contributed by atoms with Gasteiger partial charge >= 0.3 is 0 Å². The molecule has 0 saturated heterocycles. The SMILES string of the molecule is N=C(N=C(N=Cc1ccccc1)c1cccc2oc3ccccc3c12)c1ccc2c(-c3ccc(-c4ccccc4)c4ccccc34)cccc2c1. The minimum absolute atomic E-state index is 0.130. The van der Waals surface area contributed by atoms with E-state index in [4.69, 9.17) is 14.4 Å². The number of furan rings is 1. The summed E-state index contributed by atoms with van der Waals surface area (Å²) in [5.74, 6) is 0.574. The molecule has 9 aromatic rings. The average Bonchev–Trinajstić information content (AvgIpc) is 3.58. The third-order valence-corrected chi connectivity index (χ3v) is 9.45. The lowest BCUT2D eigenvalue weighted by Gasteiger charge is -2.14. The van der Waals surface area contributed by atoms with Crippen molar-refractivity contribution < 1.29 is 4.42 Å². The highest BCUT2D eigenvalue weighted by Crippen LogP contribution is 2.38. The molecule has 0 unspecified atom stereocenters. The molecule has 9 rings (SSSR count). The molecule has 1 N–H and O–H groups in total. The number of para-hydroxylation sites is 1. The van der Waals surface area contributed by atoms with Crippen LogP contribution in [0.2, 0.25) is 0 Å². The van der Waals surface area contributed by atoms with Crippen molar-refractivity contribution >= 4 is 61.4 Å². The minimum atomic E-state index is 0.130. The number of hydrogen-bond acceptors (Lipinski definition) is 2. The van der Waals surface area contributed by atoms with Gasteiger partial charge in [-0.2, -0.15) is 0 Å². The number of fused-ring (bicyclic) bond motifs is 5. The molecule has 0 fully saturated rings. The maximum absolute atomic E-state index is 9.25. The van der Waals surface area contributed by atoms with Crippen LogP contribution in [0, 0.1) is 5.41 Å². The fourth-order valence-electron chi connectivity index (χ4n) is 7.03. The molecule has 4 nitrogen and oxygen atoms in total. The van der Waals surface area contributed by atoms with Crippen molar-refractivity contribution in [2.45, 2.75) is 0 Å². The van der Waals surface area contributed by atoms with E-state index in [-0.39, 0.29) is 5.84 Å². The molecule has 0 aliphatic carbocycles. The molecule has 0 saturated carbocycles. The van der Waals surface area contributed by atoms with E-state index in [0.29, 0.717) is 11.4 Å². The molecule has 1 heterocycles. The molecule has 240 valence electrons. The highest BCUT2D eigenvalue weighted by Gasteiger charge is 2.16. The Morgan fingerprint density at radius 1 is 0.510 bits per heavy atom. The van der Waals surface area contributed by atoms with Crippen molar-refractivity contribution in [1.29, 1.82) is 5.41 Å². The van der Waals surface area contributed by atoms with Gasteiger partial charge in [0.05, 0.1) is 0 Å². The Bertz CT molecular complexity index is 2810. The molecule has 4 heteroatoms. The van der Waals surface area contributed by atoms with Crippen LogP contribution in [0.4, 0.5) is 0 Å². The number of amidine groups is 2. The zero-order valence-corrected chi connectivity index (χ0v) is 27.6. The molecule has 0 radical (unpaired) electrons. The number of nitrogens with zero attached hydrogens (tertiary/aromatic N) is 2. The van der Waals surface area contributed by atoms with Gasteiger partial charge in [-0.05, 0) is 67.6 Å². The first kappa shape index (κ1) is 30.2. The Hall–Kier alpha value is -6.91. The summed E-state index contributed by atoms with van der Waals surface area (Å²) < 4.78 is 6.19. The molecule has 0 atom stereocenters. The number of benzene rings is 8. The largest absolute Gasteiger partial charge is 0.456 e. The zero-order valence-electron chi connectivity index (χ0n) is 27.6. The summed E-state index contributed by atoms with van der Waals surface area (Å²) in [5.41, 5.74) is 8.76. The van der Waals surface area contributed by atoms with Crippen LogP contribution in [0.3, 0.4) is 0 Å². The van der Waals surface area contributed by atoms with E-state index in [2.05, 4.69) is 97.1 Å². The number of aliphatic imine (C=N–C) groups is 2. The molecule has 1 aromatic heterocycles. The molecular weight excluding hydrogens is 623 g/mol. The zero-order chi connectivity index (χ0) is 34.1. The van der Waals surface area contributed by atoms with Crippen molar-refractivity contribution in [2.24, 2.45) is 9.98 Å². The van der Waals surface area contributed by atoms with Crippen molar-refractivity contribution in [3.05, 3.63) is 193 Å². The molecule has 0 aliphatic rings.